The summed E-state index contributed by atoms with van der Waals surface area (Å²) >= 11 is 1.52. The molecule has 106 valence electrons. The van der Waals surface area contributed by atoms with Gasteiger partial charge in [0.15, 0.2) is 5.13 Å². The number of aliphatic hydroxyl groups is 1. The minimum absolute atomic E-state index is 0.00449. The van der Waals surface area contributed by atoms with Gasteiger partial charge in [0, 0.05) is 18.3 Å². The molecular weight excluding hydrogens is 280 g/mol. The maximum absolute atomic E-state index is 9.60. The van der Waals surface area contributed by atoms with E-state index in [1.807, 2.05) is 72.6 Å². The van der Waals surface area contributed by atoms with E-state index in [1.165, 1.54) is 11.3 Å². The molecule has 1 heterocycles. The van der Waals surface area contributed by atoms with Gasteiger partial charge in [0.05, 0.1) is 17.2 Å². The summed E-state index contributed by atoms with van der Waals surface area (Å²) in [4.78, 5) is 7.64. The van der Waals surface area contributed by atoms with E-state index in [1.54, 1.807) is 0 Å². The smallest absolute Gasteiger partial charge is 0.190 e. The normalized spacial score (nSPS) is 10.6. The summed E-state index contributed by atoms with van der Waals surface area (Å²) in [5, 5.41) is 10.5. The standard InChI is InChI=1S/C17H16N2OS/c1-19(14-10-6-3-7-11-14)17-18-16(15(12-20)21-17)13-8-4-2-5-9-13/h2-11,20H,12H2,1H3. The van der Waals surface area contributed by atoms with Gasteiger partial charge < -0.3 is 10.0 Å². The highest BCUT2D eigenvalue weighted by molar-refractivity contribution is 7.16. The van der Waals surface area contributed by atoms with Gasteiger partial charge in [-0.2, -0.15) is 0 Å². The van der Waals surface area contributed by atoms with Crippen LogP contribution in [0.5, 0.6) is 0 Å². The highest BCUT2D eigenvalue weighted by Gasteiger charge is 2.15. The molecule has 1 N–H and O–H groups in total. The lowest BCUT2D eigenvalue weighted by atomic mass is 10.1. The van der Waals surface area contributed by atoms with Gasteiger partial charge in [-0.05, 0) is 12.1 Å². The lowest BCUT2D eigenvalue weighted by Crippen LogP contribution is -2.08. The van der Waals surface area contributed by atoms with Crippen molar-refractivity contribution in [1.82, 2.24) is 4.98 Å². The highest BCUT2D eigenvalue weighted by Crippen LogP contribution is 2.35. The van der Waals surface area contributed by atoms with E-state index >= 15 is 0 Å². The zero-order valence-electron chi connectivity index (χ0n) is 11.7. The molecule has 21 heavy (non-hydrogen) atoms. The SMILES string of the molecule is CN(c1ccccc1)c1nc(-c2ccccc2)c(CO)s1. The number of aromatic nitrogens is 1. The number of aliphatic hydroxyl groups excluding tert-OH is 1. The van der Waals surface area contributed by atoms with Crippen molar-refractivity contribution in [3.63, 3.8) is 0 Å². The molecule has 0 saturated heterocycles. The molecule has 0 saturated carbocycles. The number of thiazole rings is 1. The van der Waals surface area contributed by atoms with Gasteiger partial charge in [-0.25, -0.2) is 4.98 Å². The Hall–Kier alpha value is -2.17. The van der Waals surface area contributed by atoms with Crippen LogP contribution < -0.4 is 4.90 Å². The summed E-state index contributed by atoms with van der Waals surface area (Å²) < 4.78 is 0. The second-order valence-corrected chi connectivity index (χ2v) is 5.75. The summed E-state index contributed by atoms with van der Waals surface area (Å²) in [7, 11) is 1.99. The van der Waals surface area contributed by atoms with Gasteiger partial charge >= 0.3 is 0 Å². The van der Waals surface area contributed by atoms with E-state index in [0.29, 0.717) is 0 Å². The van der Waals surface area contributed by atoms with Crippen LogP contribution in [0.15, 0.2) is 60.7 Å². The third kappa shape index (κ3) is 2.82. The average molecular weight is 296 g/mol. The Kier molecular flexibility index (Phi) is 3.99. The number of anilines is 2. The fraction of sp³-hybridized carbons (Fsp3) is 0.118. The monoisotopic (exact) mass is 296 g/mol. The summed E-state index contributed by atoms with van der Waals surface area (Å²) in [5.74, 6) is 0. The Morgan fingerprint density at radius 2 is 1.62 bits per heavy atom. The van der Waals surface area contributed by atoms with Gasteiger partial charge in [0.1, 0.15) is 0 Å². The van der Waals surface area contributed by atoms with Crippen LogP contribution in [0.2, 0.25) is 0 Å². The molecule has 0 atom stereocenters. The summed E-state index contributed by atoms with van der Waals surface area (Å²) in [6.07, 6.45) is 0. The molecule has 0 aliphatic heterocycles. The molecule has 1 aromatic heterocycles. The first-order chi connectivity index (χ1) is 10.3. The minimum atomic E-state index is 0.00449. The van der Waals surface area contributed by atoms with Crippen LogP contribution in [0.25, 0.3) is 11.3 Å². The molecule has 0 aliphatic carbocycles. The molecule has 0 radical (unpaired) electrons. The van der Waals surface area contributed by atoms with Crippen molar-refractivity contribution in [2.24, 2.45) is 0 Å². The van der Waals surface area contributed by atoms with Crippen molar-refractivity contribution in [3.05, 3.63) is 65.5 Å². The topological polar surface area (TPSA) is 36.4 Å². The number of benzene rings is 2. The van der Waals surface area contributed by atoms with E-state index in [2.05, 4.69) is 0 Å². The first kappa shape index (κ1) is 13.8. The Labute approximate surface area is 128 Å². The Balaban J connectivity index is 2.00. The van der Waals surface area contributed by atoms with Gasteiger partial charge in [-0.3, -0.25) is 0 Å². The fourth-order valence-corrected chi connectivity index (χ4v) is 3.10. The summed E-state index contributed by atoms with van der Waals surface area (Å²) in [6, 6.07) is 20.1. The molecule has 0 amide bonds. The second kappa shape index (κ2) is 6.08. The van der Waals surface area contributed by atoms with E-state index in [-0.39, 0.29) is 6.61 Å². The third-order valence-electron chi connectivity index (χ3n) is 3.31. The van der Waals surface area contributed by atoms with Crippen LogP contribution in [0.1, 0.15) is 4.88 Å². The zero-order valence-corrected chi connectivity index (χ0v) is 12.5. The van der Waals surface area contributed by atoms with Crippen molar-refractivity contribution >= 4 is 22.2 Å². The van der Waals surface area contributed by atoms with E-state index < -0.39 is 0 Å². The van der Waals surface area contributed by atoms with Gasteiger partial charge in [0.2, 0.25) is 0 Å². The number of rotatable bonds is 4. The van der Waals surface area contributed by atoms with Crippen LogP contribution in [-0.2, 0) is 6.61 Å². The van der Waals surface area contributed by atoms with Crippen molar-refractivity contribution in [2.75, 3.05) is 11.9 Å². The van der Waals surface area contributed by atoms with Gasteiger partial charge in [-0.15, -0.1) is 0 Å². The number of para-hydroxylation sites is 1. The highest BCUT2D eigenvalue weighted by atomic mass is 32.1. The summed E-state index contributed by atoms with van der Waals surface area (Å²) in [5.41, 5.74) is 2.97. The van der Waals surface area contributed by atoms with Crippen LogP contribution in [0, 0.1) is 0 Å². The molecule has 0 spiro atoms. The maximum atomic E-state index is 9.60. The molecule has 4 heteroatoms. The summed E-state index contributed by atoms with van der Waals surface area (Å²) in [6.45, 7) is 0.00449. The molecule has 3 nitrogen and oxygen atoms in total. The predicted molar refractivity (Wildman–Crippen MR) is 88.0 cm³/mol. The van der Waals surface area contributed by atoms with Crippen LogP contribution in [0.4, 0.5) is 10.8 Å². The minimum Gasteiger partial charge on any atom is -0.391 e. The predicted octanol–water partition coefficient (Wildman–Crippen LogP) is 4.07. The zero-order chi connectivity index (χ0) is 14.7. The van der Waals surface area contributed by atoms with Crippen LogP contribution >= 0.6 is 11.3 Å². The number of nitrogens with zero attached hydrogens (tertiary/aromatic N) is 2. The average Bonchev–Trinajstić information content (AvgIpc) is 3.00. The van der Waals surface area contributed by atoms with E-state index in [0.717, 1.165) is 27.0 Å². The fourth-order valence-electron chi connectivity index (χ4n) is 2.17. The second-order valence-electron chi connectivity index (χ2n) is 4.69. The Morgan fingerprint density at radius 3 is 2.24 bits per heavy atom. The molecular formula is C17H16N2OS. The van der Waals surface area contributed by atoms with Crippen molar-refractivity contribution in [2.45, 2.75) is 6.61 Å². The molecule has 2 aromatic carbocycles. The van der Waals surface area contributed by atoms with Crippen molar-refractivity contribution in [1.29, 1.82) is 0 Å². The number of hydrogen-bond donors (Lipinski definition) is 1. The lowest BCUT2D eigenvalue weighted by Gasteiger charge is -2.15. The van der Waals surface area contributed by atoms with Crippen LogP contribution in [-0.4, -0.2) is 17.1 Å². The van der Waals surface area contributed by atoms with Gasteiger partial charge in [0.25, 0.3) is 0 Å². The first-order valence-electron chi connectivity index (χ1n) is 6.74. The molecule has 3 aromatic rings. The van der Waals surface area contributed by atoms with Gasteiger partial charge in [-0.1, -0.05) is 59.9 Å². The quantitative estimate of drug-likeness (QED) is 0.788. The molecule has 3 rings (SSSR count). The Morgan fingerprint density at radius 1 is 1.00 bits per heavy atom. The molecule has 0 unspecified atom stereocenters. The third-order valence-corrected chi connectivity index (χ3v) is 4.42. The van der Waals surface area contributed by atoms with E-state index in [9.17, 15) is 5.11 Å². The lowest BCUT2D eigenvalue weighted by molar-refractivity contribution is 0.286. The molecule has 0 fully saturated rings. The Bertz CT molecular complexity index is 710. The number of hydrogen-bond acceptors (Lipinski definition) is 4. The van der Waals surface area contributed by atoms with E-state index in [4.69, 9.17) is 4.98 Å². The largest absolute Gasteiger partial charge is 0.391 e. The molecule has 0 aliphatic rings. The van der Waals surface area contributed by atoms with Crippen molar-refractivity contribution < 1.29 is 5.11 Å². The first-order valence-corrected chi connectivity index (χ1v) is 7.56. The van der Waals surface area contributed by atoms with Crippen molar-refractivity contribution in [3.8, 4) is 11.3 Å². The van der Waals surface area contributed by atoms with Crippen LogP contribution in [0.3, 0.4) is 0 Å². The maximum Gasteiger partial charge on any atom is 0.190 e. The molecule has 0 bridgehead atoms.